The molecule has 1 aromatic carbocycles. The van der Waals surface area contributed by atoms with Gasteiger partial charge in [-0.25, -0.2) is 8.78 Å². The van der Waals surface area contributed by atoms with Gasteiger partial charge in [-0.3, -0.25) is 0 Å². The Morgan fingerprint density at radius 2 is 1.25 bits per heavy atom. The SMILES string of the molecule is OCc1ccc(CO)c(F)c1F. The Morgan fingerprint density at radius 1 is 0.917 bits per heavy atom. The van der Waals surface area contributed by atoms with Gasteiger partial charge in [0.05, 0.1) is 13.2 Å². The predicted octanol–water partition coefficient (Wildman–Crippen LogP) is 0.949. The summed E-state index contributed by atoms with van der Waals surface area (Å²) in [4.78, 5) is 0. The van der Waals surface area contributed by atoms with E-state index in [9.17, 15) is 8.78 Å². The molecule has 0 aliphatic carbocycles. The minimum atomic E-state index is -1.09. The standard InChI is InChI=1S/C8H8F2O2/c9-7-5(3-11)1-2-6(4-12)8(7)10/h1-2,11-12H,3-4H2. The summed E-state index contributed by atoms with van der Waals surface area (Å²) in [5.41, 5.74) is -0.214. The van der Waals surface area contributed by atoms with E-state index in [0.29, 0.717) is 0 Å². The molecule has 0 aliphatic heterocycles. The molecule has 2 nitrogen and oxygen atoms in total. The maximum atomic E-state index is 12.8. The highest BCUT2D eigenvalue weighted by atomic mass is 19.2. The molecule has 0 amide bonds. The number of aliphatic hydroxyl groups excluding tert-OH is 2. The molecule has 0 atom stereocenters. The summed E-state index contributed by atoms with van der Waals surface area (Å²) in [6, 6.07) is 2.48. The Kier molecular flexibility index (Phi) is 2.73. The highest BCUT2D eigenvalue weighted by molar-refractivity contribution is 5.25. The molecule has 0 bridgehead atoms. The van der Waals surface area contributed by atoms with Gasteiger partial charge in [0.25, 0.3) is 0 Å². The van der Waals surface area contributed by atoms with Gasteiger partial charge in [-0.2, -0.15) is 0 Å². The average molecular weight is 174 g/mol. The molecule has 0 radical (unpaired) electrons. The minimum Gasteiger partial charge on any atom is -0.392 e. The molecule has 2 N–H and O–H groups in total. The molecule has 0 aliphatic rings. The smallest absolute Gasteiger partial charge is 0.164 e. The van der Waals surface area contributed by atoms with Gasteiger partial charge in [-0.1, -0.05) is 12.1 Å². The number of aliphatic hydroxyl groups is 2. The van der Waals surface area contributed by atoms with Gasteiger partial charge in [0.15, 0.2) is 11.6 Å². The van der Waals surface area contributed by atoms with Crippen molar-refractivity contribution in [3.8, 4) is 0 Å². The average Bonchev–Trinajstić information content (AvgIpc) is 2.10. The Balaban J connectivity index is 3.20. The number of rotatable bonds is 2. The van der Waals surface area contributed by atoms with Gasteiger partial charge in [0.2, 0.25) is 0 Å². The van der Waals surface area contributed by atoms with E-state index in [4.69, 9.17) is 10.2 Å². The normalized spacial score (nSPS) is 10.3. The summed E-state index contributed by atoms with van der Waals surface area (Å²) in [6.45, 7) is -1.09. The molecule has 0 fully saturated rings. The van der Waals surface area contributed by atoms with Crippen LogP contribution in [0.5, 0.6) is 0 Å². The molecule has 0 saturated carbocycles. The molecule has 12 heavy (non-hydrogen) atoms. The Labute approximate surface area is 68.1 Å². The van der Waals surface area contributed by atoms with Crippen molar-refractivity contribution >= 4 is 0 Å². The van der Waals surface area contributed by atoms with E-state index in [1.54, 1.807) is 0 Å². The van der Waals surface area contributed by atoms with Crippen molar-refractivity contribution in [2.75, 3.05) is 0 Å². The van der Waals surface area contributed by atoms with Crippen LogP contribution in [0.2, 0.25) is 0 Å². The quantitative estimate of drug-likeness (QED) is 0.700. The van der Waals surface area contributed by atoms with Crippen LogP contribution in [0.25, 0.3) is 0 Å². The summed E-state index contributed by atoms with van der Waals surface area (Å²) in [5.74, 6) is -2.19. The minimum absolute atomic E-state index is 0.107. The topological polar surface area (TPSA) is 40.5 Å². The van der Waals surface area contributed by atoms with Crippen molar-refractivity contribution in [3.63, 3.8) is 0 Å². The second-order valence-corrected chi connectivity index (χ2v) is 2.33. The van der Waals surface area contributed by atoms with Crippen molar-refractivity contribution in [1.82, 2.24) is 0 Å². The molecule has 0 unspecified atom stereocenters. The van der Waals surface area contributed by atoms with Gasteiger partial charge in [0, 0.05) is 11.1 Å². The van der Waals surface area contributed by atoms with E-state index >= 15 is 0 Å². The van der Waals surface area contributed by atoms with Crippen LogP contribution in [0.15, 0.2) is 12.1 Å². The molecule has 4 heteroatoms. The molecule has 0 spiro atoms. The third-order valence-corrected chi connectivity index (χ3v) is 1.58. The Bertz CT molecular complexity index is 258. The summed E-state index contributed by atoms with van der Waals surface area (Å²) < 4.78 is 25.6. The van der Waals surface area contributed by atoms with E-state index in [2.05, 4.69) is 0 Å². The van der Waals surface area contributed by atoms with Gasteiger partial charge in [0.1, 0.15) is 0 Å². The zero-order valence-corrected chi connectivity index (χ0v) is 6.22. The van der Waals surface area contributed by atoms with Crippen LogP contribution in [0.3, 0.4) is 0 Å². The van der Waals surface area contributed by atoms with Crippen LogP contribution in [0, 0.1) is 11.6 Å². The number of hydrogen-bond donors (Lipinski definition) is 2. The van der Waals surface area contributed by atoms with E-state index in [0.717, 1.165) is 0 Å². The first-order valence-corrected chi connectivity index (χ1v) is 3.38. The first kappa shape index (κ1) is 9.09. The van der Waals surface area contributed by atoms with Gasteiger partial charge >= 0.3 is 0 Å². The van der Waals surface area contributed by atoms with E-state index in [-0.39, 0.29) is 11.1 Å². The summed E-state index contributed by atoms with van der Waals surface area (Å²) >= 11 is 0. The van der Waals surface area contributed by atoms with Crippen molar-refractivity contribution in [1.29, 1.82) is 0 Å². The van der Waals surface area contributed by atoms with E-state index < -0.39 is 24.8 Å². The van der Waals surface area contributed by atoms with Crippen LogP contribution < -0.4 is 0 Å². The van der Waals surface area contributed by atoms with Crippen LogP contribution >= 0.6 is 0 Å². The Morgan fingerprint density at radius 3 is 1.50 bits per heavy atom. The van der Waals surface area contributed by atoms with E-state index in [1.165, 1.54) is 12.1 Å². The fourth-order valence-electron chi connectivity index (χ4n) is 0.874. The van der Waals surface area contributed by atoms with Crippen molar-refractivity contribution in [3.05, 3.63) is 34.9 Å². The lowest BCUT2D eigenvalue weighted by Gasteiger charge is -2.03. The van der Waals surface area contributed by atoms with Crippen LogP contribution in [0.4, 0.5) is 8.78 Å². The number of hydrogen-bond acceptors (Lipinski definition) is 2. The lowest BCUT2D eigenvalue weighted by Crippen LogP contribution is -1.99. The van der Waals surface area contributed by atoms with Gasteiger partial charge < -0.3 is 10.2 Å². The maximum Gasteiger partial charge on any atom is 0.164 e. The molecule has 1 aromatic rings. The van der Waals surface area contributed by atoms with Crippen molar-refractivity contribution in [2.45, 2.75) is 13.2 Å². The highest BCUT2D eigenvalue weighted by Crippen LogP contribution is 2.16. The molecule has 0 heterocycles. The summed E-state index contributed by atoms with van der Waals surface area (Å²) in [6.07, 6.45) is 0. The number of halogens is 2. The van der Waals surface area contributed by atoms with Crippen molar-refractivity contribution in [2.24, 2.45) is 0 Å². The third kappa shape index (κ3) is 1.44. The summed E-state index contributed by atoms with van der Waals surface area (Å²) in [7, 11) is 0. The lowest BCUT2D eigenvalue weighted by molar-refractivity contribution is 0.264. The highest BCUT2D eigenvalue weighted by Gasteiger charge is 2.11. The van der Waals surface area contributed by atoms with Gasteiger partial charge in [-0.15, -0.1) is 0 Å². The largest absolute Gasteiger partial charge is 0.392 e. The third-order valence-electron chi connectivity index (χ3n) is 1.58. The maximum absolute atomic E-state index is 12.8. The van der Waals surface area contributed by atoms with Crippen LogP contribution in [0.1, 0.15) is 11.1 Å². The molecule has 1 rings (SSSR count). The van der Waals surface area contributed by atoms with Crippen molar-refractivity contribution < 1.29 is 19.0 Å². The van der Waals surface area contributed by atoms with Crippen LogP contribution in [-0.2, 0) is 13.2 Å². The Hall–Kier alpha value is -1.00. The zero-order valence-electron chi connectivity index (χ0n) is 6.22. The fraction of sp³-hybridized carbons (Fsp3) is 0.250. The predicted molar refractivity (Wildman–Crippen MR) is 38.2 cm³/mol. The number of benzene rings is 1. The fourth-order valence-corrected chi connectivity index (χ4v) is 0.874. The molecule has 0 saturated heterocycles. The van der Waals surface area contributed by atoms with Crippen LogP contribution in [-0.4, -0.2) is 10.2 Å². The van der Waals surface area contributed by atoms with E-state index in [1.807, 2.05) is 0 Å². The molecular weight excluding hydrogens is 166 g/mol. The second kappa shape index (κ2) is 3.60. The van der Waals surface area contributed by atoms with Gasteiger partial charge in [-0.05, 0) is 0 Å². The monoisotopic (exact) mass is 174 g/mol. The first-order valence-electron chi connectivity index (χ1n) is 3.38. The lowest BCUT2D eigenvalue weighted by atomic mass is 10.1. The molecular formula is C8H8F2O2. The molecule has 0 aromatic heterocycles. The molecule has 66 valence electrons. The second-order valence-electron chi connectivity index (χ2n) is 2.33. The summed E-state index contributed by atoms with van der Waals surface area (Å²) in [5, 5.41) is 17.1. The zero-order chi connectivity index (χ0) is 9.14. The first-order chi connectivity index (χ1) is 5.70.